The Kier molecular flexibility index (Phi) is 6.27. The smallest absolute Gasteiger partial charge is 0.327 e. The highest BCUT2D eigenvalue weighted by Crippen LogP contribution is 2.51. The summed E-state index contributed by atoms with van der Waals surface area (Å²) in [7, 11) is 0. The number of ether oxygens (including phenoxy) is 1. The molecule has 4 aliphatic heterocycles. The maximum Gasteiger partial charge on any atom is 0.327 e. The van der Waals surface area contributed by atoms with Gasteiger partial charge >= 0.3 is 5.97 Å². The normalized spacial score (nSPS) is 32.1. The molecule has 1 amide bonds. The van der Waals surface area contributed by atoms with Crippen molar-refractivity contribution in [2.45, 2.75) is 86.0 Å². The Balaban J connectivity index is 1.13. The molecule has 37 heavy (non-hydrogen) atoms. The molecule has 0 aliphatic carbocycles. The molecule has 4 aliphatic rings. The summed E-state index contributed by atoms with van der Waals surface area (Å²) in [5.74, 6) is -1.12. The third kappa shape index (κ3) is 4.34. The number of aliphatic carboxylic acids is 1. The van der Waals surface area contributed by atoms with Crippen molar-refractivity contribution in [1.82, 2.24) is 9.80 Å². The van der Waals surface area contributed by atoms with Crippen molar-refractivity contribution in [3.8, 4) is 0 Å². The summed E-state index contributed by atoms with van der Waals surface area (Å²) < 4.78 is 6.26. The van der Waals surface area contributed by atoms with Crippen molar-refractivity contribution in [1.29, 1.82) is 0 Å². The summed E-state index contributed by atoms with van der Waals surface area (Å²) in [5, 5.41) is 9.46. The molecular formula is C29H33N3O4S. The van der Waals surface area contributed by atoms with E-state index in [1.807, 2.05) is 32.3 Å². The number of nitrogens with zero attached hydrogens (tertiary/aromatic N) is 3. The molecule has 2 unspecified atom stereocenters. The van der Waals surface area contributed by atoms with Crippen molar-refractivity contribution in [3.63, 3.8) is 0 Å². The van der Waals surface area contributed by atoms with Gasteiger partial charge in [-0.25, -0.2) is 4.79 Å². The number of β-lactam (4-membered cyclic amide) rings is 1. The van der Waals surface area contributed by atoms with Crippen LogP contribution in [0.4, 0.5) is 0 Å². The second-order valence-electron chi connectivity index (χ2n) is 11.1. The van der Waals surface area contributed by atoms with E-state index < -0.39 is 22.8 Å². The van der Waals surface area contributed by atoms with Crippen LogP contribution >= 0.6 is 11.8 Å². The van der Waals surface area contributed by atoms with Crippen molar-refractivity contribution in [2.24, 2.45) is 4.99 Å². The van der Waals surface area contributed by atoms with Crippen molar-refractivity contribution < 1.29 is 19.4 Å². The molecule has 5 atom stereocenters. The van der Waals surface area contributed by atoms with Gasteiger partial charge < -0.3 is 19.6 Å². The van der Waals surface area contributed by atoms with Crippen molar-refractivity contribution in [3.05, 3.63) is 71.8 Å². The fourth-order valence-corrected chi connectivity index (χ4v) is 8.16. The second kappa shape index (κ2) is 9.48. The monoisotopic (exact) mass is 519 g/mol. The number of carbonyl (C=O) groups is 2. The minimum absolute atomic E-state index is 0.101. The average molecular weight is 520 g/mol. The highest BCUT2D eigenvalue weighted by atomic mass is 32.2. The van der Waals surface area contributed by atoms with Gasteiger partial charge in [-0.1, -0.05) is 60.7 Å². The quantitative estimate of drug-likeness (QED) is 0.333. The fraction of sp³-hybridized carbons (Fsp3) is 0.483. The van der Waals surface area contributed by atoms with Gasteiger partial charge in [0.25, 0.3) is 5.91 Å². The number of carboxylic acid groups (broad SMARTS) is 1. The number of aliphatic imine (C=N–C) groups is 1. The summed E-state index contributed by atoms with van der Waals surface area (Å²) in [6, 6.07) is 20.2. The molecule has 6 rings (SSSR count). The number of carboxylic acids is 1. The lowest BCUT2D eigenvalue weighted by Crippen LogP contribution is -2.65. The van der Waals surface area contributed by atoms with E-state index in [1.165, 1.54) is 4.90 Å². The largest absolute Gasteiger partial charge is 0.480 e. The minimum Gasteiger partial charge on any atom is -0.480 e. The molecule has 4 saturated heterocycles. The van der Waals surface area contributed by atoms with E-state index in [4.69, 9.17) is 9.73 Å². The number of hydrogen-bond donors (Lipinski definition) is 1. The van der Waals surface area contributed by atoms with E-state index in [9.17, 15) is 14.7 Å². The van der Waals surface area contributed by atoms with Gasteiger partial charge in [0.2, 0.25) is 0 Å². The number of rotatable bonds is 7. The lowest BCUT2D eigenvalue weighted by molar-refractivity contribution is -0.158. The molecule has 2 aromatic carbocycles. The molecule has 194 valence electrons. The predicted molar refractivity (Wildman–Crippen MR) is 143 cm³/mol. The maximum atomic E-state index is 12.8. The molecule has 4 heterocycles. The Labute approximate surface area is 221 Å². The van der Waals surface area contributed by atoms with E-state index in [0.717, 1.165) is 36.8 Å². The Morgan fingerprint density at radius 1 is 1.05 bits per heavy atom. The van der Waals surface area contributed by atoms with Gasteiger partial charge in [0.05, 0.1) is 12.4 Å². The molecule has 8 heteroatoms. The van der Waals surface area contributed by atoms with Crippen molar-refractivity contribution in [2.75, 3.05) is 0 Å². The predicted octanol–water partition coefficient (Wildman–Crippen LogP) is 4.33. The number of thioether (sulfide) groups is 1. The molecule has 0 aromatic heterocycles. The van der Waals surface area contributed by atoms with Crippen LogP contribution in [0.3, 0.4) is 0 Å². The van der Waals surface area contributed by atoms with E-state index in [1.54, 1.807) is 11.8 Å². The molecule has 7 nitrogen and oxygen atoms in total. The topological polar surface area (TPSA) is 82.4 Å². The fourth-order valence-electron chi connectivity index (χ4n) is 6.54. The zero-order valence-electron chi connectivity index (χ0n) is 21.1. The molecule has 1 N–H and O–H groups in total. The Hall–Kier alpha value is -2.84. The van der Waals surface area contributed by atoms with Crippen LogP contribution in [-0.2, 0) is 14.3 Å². The van der Waals surface area contributed by atoms with Gasteiger partial charge in [-0.15, -0.1) is 11.8 Å². The van der Waals surface area contributed by atoms with E-state index in [2.05, 4.69) is 53.4 Å². The van der Waals surface area contributed by atoms with Crippen LogP contribution < -0.4 is 0 Å². The molecular weight excluding hydrogens is 486 g/mol. The van der Waals surface area contributed by atoms with Gasteiger partial charge in [-0.2, -0.15) is 0 Å². The number of piperidine rings is 1. The third-order valence-corrected chi connectivity index (χ3v) is 9.84. The van der Waals surface area contributed by atoms with Crippen LogP contribution in [0, 0.1) is 0 Å². The van der Waals surface area contributed by atoms with Gasteiger partial charge in [0.15, 0.2) is 6.04 Å². The summed E-state index contributed by atoms with van der Waals surface area (Å²) in [6.07, 6.45) is 5.97. The minimum atomic E-state index is -0.944. The highest BCUT2D eigenvalue weighted by molar-refractivity contribution is 8.01. The van der Waals surface area contributed by atoms with E-state index in [0.29, 0.717) is 12.1 Å². The first kappa shape index (κ1) is 24.5. The standard InChI is InChI=1S/C29H33N3O4S/c1-29(2)25(28(34)35)32-26(33)23(27(32)37-29)30-17-31-20-13-14-21(31)16-22(15-20)36-24(18-9-5-3-6-10-18)19-11-7-4-8-12-19/h3-12,17,20-25,27H,13-16H2,1-2H3,(H,34,35)/t20?,21?,22?,23-,25+,27-/m1/s1. The van der Waals surface area contributed by atoms with E-state index >= 15 is 0 Å². The average Bonchev–Trinajstić information content (AvgIpc) is 3.28. The van der Waals surface area contributed by atoms with Crippen LogP contribution in [0.1, 0.15) is 56.8 Å². The lowest BCUT2D eigenvalue weighted by atomic mass is 9.96. The maximum absolute atomic E-state index is 12.8. The number of hydrogen-bond acceptors (Lipinski definition) is 5. The molecule has 4 fully saturated rings. The number of carbonyl (C=O) groups excluding carboxylic acids is 1. The molecule has 2 bridgehead atoms. The Morgan fingerprint density at radius 3 is 2.16 bits per heavy atom. The lowest BCUT2D eigenvalue weighted by Gasteiger charge is -2.42. The van der Waals surface area contributed by atoms with Crippen molar-refractivity contribution >= 4 is 30.0 Å². The van der Waals surface area contributed by atoms with Gasteiger partial charge in [0, 0.05) is 16.8 Å². The second-order valence-corrected chi connectivity index (χ2v) is 12.8. The summed E-state index contributed by atoms with van der Waals surface area (Å²) in [4.78, 5) is 33.2. The highest BCUT2D eigenvalue weighted by Gasteiger charge is 2.64. The first-order valence-corrected chi connectivity index (χ1v) is 14.0. The van der Waals surface area contributed by atoms with Gasteiger partial charge in [-0.3, -0.25) is 9.79 Å². The summed E-state index contributed by atoms with van der Waals surface area (Å²) in [6.45, 7) is 3.79. The molecule has 0 spiro atoms. The molecule has 0 radical (unpaired) electrons. The van der Waals surface area contributed by atoms with E-state index in [-0.39, 0.29) is 23.5 Å². The van der Waals surface area contributed by atoms with Crippen LogP contribution in [0.5, 0.6) is 0 Å². The van der Waals surface area contributed by atoms with Gasteiger partial charge in [-0.05, 0) is 50.7 Å². The molecule has 2 aromatic rings. The third-order valence-electron chi connectivity index (χ3n) is 8.29. The summed E-state index contributed by atoms with van der Waals surface area (Å²) in [5.41, 5.74) is 2.32. The van der Waals surface area contributed by atoms with Crippen LogP contribution in [0.15, 0.2) is 65.7 Å². The number of benzene rings is 2. The first-order chi connectivity index (χ1) is 17.8. The first-order valence-electron chi connectivity index (χ1n) is 13.1. The van der Waals surface area contributed by atoms with Crippen LogP contribution in [0.2, 0.25) is 0 Å². The Bertz CT molecular complexity index is 1140. The van der Waals surface area contributed by atoms with Gasteiger partial charge in [0.1, 0.15) is 17.5 Å². The van der Waals surface area contributed by atoms with Crippen LogP contribution in [-0.4, -0.2) is 73.5 Å². The number of amides is 1. The SMILES string of the molecule is CC1(C)S[C@@H]2[C@H](N=CN3C4CCC3CC(OC(c3ccccc3)c3ccccc3)C4)C(=O)N2[C@H]1C(=O)O. The zero-order valence-corrected chi connectivity index (χ0v) is 22.0. The zero-order chi connectivity index (χ0) is 25.7. The van der Waals surface area contributed by atoms with Crippen LogP contribution in [0.25, 0.3) is 0 Å². The Morgan fingerprint density at radius 2 is 1.62 bits per heavy atom. The molecule has 0 saturated carbocycles. The summed E-state index contributed by atoms with van der Waals surface area (Å²) >= 11 is 1.54. The number of fused-ring (bicyclic) bond motifs is 3.